The summed E-state index contributed by atoms with van der Waals surface area (Å²) in [6.07, 6.45) is 11.0. The number of rotatable bonds is 2. The monoisotopic (exact) mass is 344 g/mol. The molecule has 0 radical (unpaired) electrons. The molecule has 0 aromatic heterocycles. The van der Waals surface area contributed by atoms with Crippen molar-refractivity contribution in [3.63, 3.8) is 0 Å². The van der Waals surface area contributed by atoms with Crippen molar-refractivity contribution in [2.75, 3.05) is 0 Å². The highest BCUT2D eigenvalue weighted by molar-refractivity contribution is 6.05. The lowest BCUT2D eigenvalue weighted by atomic mass is 9.46. The Labute approximate surface area is 151 Å². The molecule has 4 rings (SSSR count). The molecule has 3 saturated carbocycles. The first-order valence-corrected chi connectivity index (χ1v) is 10.3. The van der Waals surface area contributed by atoms with Crippen LogP contribution in [-0.2, 0) is 9.59 Å². The van der Waals surface area contributed by atoms with Gasteiger partial charge in [0, 0.05) is 0 Å². The van der Waals surface area contributed by atoms with E-state index in [-0.39, 0.29) is 11.2 Å². The zero-order valence-electron chi connectivity index (χ0n) is 15.9. The van der Waals surface area contributed by atoms with E-state index in [4.69, 9.17) is 0 Å². The Balaban J connectivity index is 1.68. The minimum absolute atomic E-state index is 0.0779. The number of carbonyl (C=O) groups excluding carboxylic acids is 1. The summed E-state index contributed by atoms with van der Waals surface area (Å²) in [5, 5.41) is 9.52. The molecule has 0 amide bonds. The van der Waals surface area contributed by atoms with Gasteiger partial charge >= 0.3 is 5.97 Å². The highest BCUT2D eigenvalue weighted by Crippen LogP contribution is 2.67. The second-order valence-corrected chi connectivity index (χ2v) is 9.73. The van der Waals surface area contributed by atoms with Gasteiger partial charge in [-0.15, -0.1) is 0 Å². The van der Waals surface area contributed by atoms with Gasteiger partial charge in [0.25, 0.3) is 0 Å². The highest BCUT2D eigenvalue weighted by atomic mass is 16.4. The summed E-state index contributed by atoms with van der Waals surface area (Å²) in [6.45, 7) is 7.15. The largest absolute Gasteiger partial charge is 0.481 e. The summed E-state index contributed by atoms with van der Waals surface area (Å²) < 4.78 is 0. The van der Waals surface area contributed by atoms with E-state index in [1.807, 2.05) is 0 Å². The molecule has 0 bridgehead atoms. The minimum atomic E-state index is -0.934. The Hall–Kier alpha value is -1.12. The van der Waals surface area contributed by atoms with Gasteiger partial charge in [0.1, 0.15) is 5.92 Å². The SMILES string of the molecule is CC[C@H]1CC[C@H]2[C@@H]3CCC4=CC(=O)C(C(=O)O)C[C@]4(C)[C@H]3CC[C@]12C. The molecule has 1 N–H and O–H groups in total. The number of ketones is 1. The second kappa shape index (κ2) is 5.69. The maximum atomic E-state index is 12.3. The number of hydrogen-bond acceptors (Lipinski definition) is 2. The Kier molecular flexibility index (Phi) is 3.94. The van der Waals surface area contributed by atoms with Crippen LogP contribution >= 0.6 is 0 Å². The predicted octanol–water partition coefficient (Wildman–Crippen LogP) is 4.86. The lowest BCUT2D eigenvalue weighted by molar-refractivity contribution is -0.148. The van der Waals surface area contributed by atoms with Gasteiger partial charge < -0.3 is 5.11 Å². The van der Waals surface area contributed by atoms with Crippen LogP contribution in [0.4, 0.5) is 0 Å². The number of hydrogen-bond donors (Lipinski definition) is 1. The van der Waals surface area contributed by atoms with Crippen LogP contribution in [0.15, 0.2) is 11.6 Å². The molecule has 3 heteroatoms. The Bertz CT molecular complexity index is 635. The topological polar surface area (TPSA) is 54.4 Å². The standard InChI is InChI=1S/C22H32O3/c1-4-13-6-8-17-15-7-5-14-11-19(23)16(20(24)25)12-22(14,3)18(15)9-10-21(13,17)2/h11,13,15-18H,4-10,12H2,1-3H3,(H,24,25)/t13-,15-,16?,17-,18-,21+,22-/m0/s1. The Morgan fingerprint density at radius 2 is 1.96 bits per heavy atom. The molecule has 3 nitrogen and oxygen atoms in total. The summed E-state index contributed by atoms with van der Waals surface area (Å²) >= 11 is 0. The van der Waals surface area contributed by atoms with E-state index in [0.717, 1.165) is 24.2 Å². The van der Waals surface area contributed by atoms with Gasteiger partial charge in [-0.2, -0.15) is 0 Å². The number of carbonyl (C=O) groups is 2. The fourth-order valence-corrected chi connectivity index (χ4v) is 7.63. The maximum absolute atomic E-state index is 12.3. The first-order valence-electron chi connectivity index (χ1n) is 10.3. The first-order chi connectivity index (χ1) is 11.8. The molecule has 138 valence electrons. The van der Waals surface area contributed by atoms with Gasteiger partial charge in [-0.05, 0) is 85.5 Å². The lowest BCUT2D eigenvalue weighted by Crippen LogP contribution is -2.52. The summed E-state index contributed by atoms with van der Waals surface area (Å²) in [6, 6.07) is 0. The van der Waals surface area contributed by atoms with Crippen molar-refractivity contribution >= 4 is 11.8 Å². The van der Waals surface area contributed by atoms with Gasteiger partial charge in [-0.1, -0.05) is 32.8 Å². The Morgan fingerprint density at radius 3 is 2.64 bits per heavy atom. The molecule has 25 heavy (non-hydrogen) atoms. The van der Waals surface area contributed by atoms with E-state index >= 15 is 0 Å². The van der Waals surface area contributed by atoms with Crippen LogP contribution in [0, 0.1) is 40.4 Å². The van der Waals surface area contributed by atoms with E-state index in [0.29, 0.717) is 17.8 Å². The van der Waals surface area contributed by atoms with Crippen molar-refractivity contribution in [1.29, 1.82) is 0 Å². The van der Waals surface area contributed by atoms with Crippen molar-refractivity contribution in [1.82, 2.24) is 0 Å². The first kappa shape index (κ1) is 17.3. The van der Waals surface area contributed by atoms with Gasteiger partial charge in [0.05, 0.1) is 0 Å². The maximum Gasteiger partial charge on any atom is 0.314 e. The van der Waals surface area contributed by atoms with Gasteiger partial charge in [-0.25, -0.2) is 0 Å². The van der Waals surface area contributed by atoms with Gasteiger partial charge in [0.2, 0.25) is 0 Å². The third-order valence-electron chi connectivity index (χ3n) is 9.01. The molecule has 0 heterocycles. The molecule has 0 aromatic rings. The van der Waals surface area contributed by atoms with Crippen molar-refractivity contribution < 1.29 is 14.7 Å². The number of fused-ring (bicyclic) bond motifs is 5. The third kappa shape index (κ3) is 2.30. The van der Waals surface area contributed by atoms with E-state index in [1.54, 1.807) is 6.08 Å². The molecule has 0 aromatic carbocycles. The number of aliphatic carboxylic acids is 1. The third-order valence-corrected chi connectivity index (χ3v) is 9.01. The summed E-state index contributed by atoms with van der Waals surface area (Å²) in [4.78, 5) is 23.9. The second-order valence-electron chi connectivity index (χ2n) is 9.73. The fourth-order valence-electron chi connectivity index (χ4n) is 7.63. The van der Waals surface area contributed by atoms with Crippen LogP contribution in [0.1, 0.15) is 72.1 Å². The molecule has 4 aliphatic rings. The quantitative estimate of drug-likeness (QED) is 0.728. The average molecular weight is 344 g/mol. The van der Waals surface area contributed by atoms with Gasteiger partial charge in [0.15, 0.2) is 5.78 Å². The van der Waals surface area contributed by atoms with Gasteiger partial charge in [-0.3, -0.25) is 9.59 Å². The number of allylic oxidation sites excluding steroid dienone is 1. The van der Waals surface area contributed by atoms with E-state index in [2.05, 4.69) is 20.8 Å². The zero-order valence-corrected chi connectivity index (χ0v) is 15.9. The smallest absolute Gasteiger partial charge is 0.314 e. The highest BCUT2D eigenvalue weighted by Gasteiger charge is 2.59. The van der Waals surface area contributed by atoms with Crippen molar-refractivity contribution in [3.8, 4) is 0 Å². The summed E-state index contributed by atoms with van der Waals surface area (Å²) in [5.41, 5.74) is 1.67. The van der Waals surface area contributed by atoms with Crippen LogP contribution in [0.25, 0.3) is 0 Å². The van der Waals surface area contributed by atoms with Crippen molar-refractivity contribution in [2.45, 2.75) is 72.1 Å². The molecule has 4 aliphatic carbocycles. The van der Waals surface area contributed by atoms with E-state index in [9.17, 15) is 14.7 Å². The van der Waals surface area contributed by atoms with Crippen LogP contribution < -0.4 is 0 Å². The average Bonchev–Trinajstić information content (AvgIpc) is 2.91. The zero-order chi connectivity index (χ0) is 18.0. The van der Waals surface area contributed by atoms with Crippen LogP contribution in [0.2, 0.25) is 0 Å². The van der Waals surface area contributed by atoms with E-state index < -0.39 is 11.9 Å². The molecule has 3 fully saturated rings. The molecule has 0 saturated heterocycles. The van der Waals surface area contributed by atoms with Crippen molar-refractivity contribution in [3.05, 3.63) is 11.6 Å². The summed E-state index contributed by atoms with van der Waals surface area (Å²) in [5.74, 6) is 1.02. The molecule has 0 spiro atoms. The fraction of sp³-hybridized carbons (Fsp3) is 0.818. The number of carboxylic acids is 1. The van der Waals surface area contributed by atoms with Crippen LogP contribution in [0.3, 0.4) is 0 Å². The van der Waals surface area contributed by atoms with Crippen LogP contribution in [-0.4, -0.2) is 16.9 Å². The Morgan fingerprint density at radius 1 is 1.20 bits per heavy atom. The molecule has 1 unspecified atom stereocenters. The van der Waals surface area contributed by atoms with E-state index in [1.165, 1.54) is 44.1 Å². The molecule has 7 atom stereocenters. The molecule has 0 aliphatic heterocycles. The number of carboxylic acid groups (broad SMARTS) is 1. The molecular weight excluding hydrogens is 312 g/mol. The molecular formula is C22H32O3. The lowest BCUT2D eigenvalue weighted by Gasteiger charge is -2.58. The minimum Gasteiger partial charge on any atom is -0.481 e. The predicted molar refractivity (Wildman–Crippen MR) is 97.0 cm³/mol. The normalized spacial score (nSPS) is 49.0. The van der Waals surface area contributed by atoms with Crippen molar-refractivity contribution in [2.24, 2.45) is 40.4 Å². The van der Waals surface area contributed by atoms with Crippen LogP contribution in [0.5, 0.6) is 0 Å². The summed E-state index contributed by atoms with van der Waals surface area (Å²) in [7, 11) is 0.